The molecule has 0 aliphatic carbocycles. The Kier molecular flexibility index (Phi) is 4.25. The second kappa shape index (κ2) is 5.92. The first-order valence-corrected chi connectivity index (χ1v) is 6.37. The molecule has 2 rings (SSSR count). The number of carbonyl (C=O) groups is 1. The smallest absolute Gasteiger partial charge is 0.335 e. The minimum Gasteiger partial charge on any atom is -0.478 e. The fraction of sp³-hybridized carbons (Fsp3) is 0.133. The van der Waals surface area contributed by atoms with E-state index in [1.165, 1.54) is 12.1 Å². The predicted octanol–water partition coefficient (Wildman–Crippen LogP) is 4.10. The molecule has 3 nitrogen and oxygen atoms in total. The van der Waals surface area contributed by atoms with Crippen molar-refractivity contribution in [1.29, 1.82) is 0 Å². The number of hydrogen-bond acceptors (Lipinski definition) is 2. The van der Waals surface area contributed by atoms with Crippen LogP contribution in [-0.2, 0) is 6.54 Å². The van der Waals surface area contributed by atoms with Crippen LogP contribution in [0.25, 0.3) is 0 Å². The van der Waals surface area contributed by atoms with Crippen molar-refractivity contribution in [2.24, 2.45) is 0 Å². The average Bonchev–Trinajstić information content (AvgIpc) is 2.41. The summed E-state index contributed by atoms with van der Waals surface area (Å²) in [5, 5.41) is 12.1. The maximum Gasteiger partial charge on any atom is 0.335 e. The topological polar surface area (TPSA) is 49.3 Å². The van der Waals surface area contributed by atoms with E-state index < -0.39 is 11.8 Å². The Balaban J connectivity index is 2.15. The van der Waals surface area contributed by atoms with Gasteiger partial charge in [-0.1, -0.05) is 23.7 Å². The molecule has 2 aromatic carbocycles. The van der Waals surface area contributed by atoms with Gasteiger partial charge in [0.25, 0.3) is 0 Å². The van der Waals surface area contributed by atoms with Gasteiger partial charge in [-0.2, -0.15) is 0 Å². The van der Waals surface area contributed by atoms with Crippen LogP contribution in [0, 0.1) is 12.7 Å². The first kappa shape index (κ1) is 14.3. The summed E-state index contributed by atoms with van der Waals surface area (Å²) in [4.78, 5) is 10.9. The van der Waals surface area contributed by atoms with Crippen molar-refractivity contribution in [3.63, 3.8) is 0 Å². The lowest BCUT2D eigenvalue weighted by atomic mass is 10.1. The number of halogens is 2. The van der Waals surface area contributed by atoms with Crippen LogP contribution >= 0.6 is 11.6 Å². The van der Waals surface area contributed by atoms with Gasteiger partial charge in [0.2, 0.25) is 0 Å². The highest BCUT2D eigenvalue weighted by molar-refractivity contribution is 6.30. The van der Waals surface area contributed by atoms with Gasteiger partial charge in [-0.15, -0.1) is 0 Å². The zero-order valence-corrected chi connectivity index (χ0v) is 11.5. The van der Waals surface area contributed by atoms with Crippen LogP contribution in [0.15, 0.2) is 36.4 Å². The van der Waals surface area contributed by atoms with E-state index in [1.807, 2.05) is 6.92 Å². The zero-order valence-electron chi connectivity index (χ0n) is 10.8. The summed E-state index contributed by atoms with van der Waals surface area (Å²) in [5.41, 5.74) is 2.57. The molecule has 0 atom stereocenters. The van der Waals surface area contributed by atoms with Crippen LogP contribution in [0.4, 0.5) is 10.1 Å². The summed E-state index contributed by atoms with van der Waals surface area (Å²) in [6.07, 6.45) is 0. The van der Waals surface area contributed by atoms with Crippen LogP contribution in [-0.4, -0.2) is 11.1 Å². The van der Waals surface area contributed by atoms with Gasteiger partial charge >= 0.3 is 5.97 Å². The number of aromatic carboxylic acids is 1. The zero-order chi connectivity index (χ0) is 14.7. The quantitative estimate of drug-likeness (QED) is 0.892. The molecule has 0 saturated heterocycles. The second-order valence-electron chi connectivity index (χ2n) is 4.44. The minimum absolute atomic E-state index is 0.0813. The van der Waals surface area contributed by atoms with Gasteiger partial charge in [0.05, 0.1) is 10.6 Å². The van der Waals surface area contributed by atoms with Crippen molar-refractivity contribution < 1.29 is 14.3 Å². The van der Waals surface area contributed by atoms with Crippen molar-refractivity contribution >= 4 is 23.3 Å². The summed E-state index contributed by atoms with van der Waals surface area (Å²) in [7, 11) is 0. The van der Waals surface area contributed by atoms with Crippen molar-refractivity contribution in [2.45, 2.75) is 13.5 Å². The maximum absolute atomic E-state index is 13.3. The Hall–Kier alpha value is -2.07. The van der Waals surface area contributed by atoms with Crippen molar-refractivity contribution in [2.75, 3.05) is 5.32 Å². The van der Waals surface area contributed by atoms with Crippen LogP contribution in [0.3, 0.4) is 0 Å². The fourth-order valence-electron chi connectivity index (χ4n) is 1.79. The average molecular weight is 294 g/mol. The molecular formula is C15H13ClFNO2. The largest absolute Gasteiger partial charge is 0.478 e. The number of nitrogens with one attached hydrogen (secondary N) is 1. The molecule has 2 aromatic rings. The van der Waals surface area contributed by atoms with Gasteiger partial charge in [-0.25, -0.2) is 9.18 Å². The van der Waals surface area contributed by atoms with Crippen molar-refractivity contribution in [3.8, 4) is 0 Å². The molecule has 0 aromatic heterocycles. The number of hydrogen-bond donors (Lipinski definition) is 2. The summed E-state index contributed by atoms with van der Waals surface area (Å²) in [6, 6.07) is 9.40. The van der Waals surface area contributed by atoms with E-state index in [2.05, 4.69) is 5.32 Å². The van der Waals surface area contributed by atoms with Crippen LogP contribution in [0.2, 0.25) is 5.02 Å². The SMILES string of the molecule is Cc1ccc(C(=O)O)cc1NCc1ccc(Cl)c(F)c1. The lowest BCUT2D eigenvalue weighted by molar-refractivity contribution is 0.0697. The molecule has 0 radical (unpaired) electrons. The minimum atomic E-state index is -0.981. The third-order valence-corrected chi connectivity index (χ3v) is 3.26. The highest BCUT2D eigenvalue weighted by Crippen LogP contribution is 2.20. The normalized spacial score (nSPS) is 10.3. The Bertz CT molecular complexity index is 658. The lowest BCUT2D eigenvalue weighted by Gasteiger charge is -2.11. The maximum atomic E-state index is 13.3. The fourth-order valence-corrected chi connectivity index (χ4v) is 1.91. The molecule has 0 bridgehead atoms. The summed E-state index contributed by atoms with van der Waals surface area (Å²) < 4.78 is 13.3. The van der Waals surface area contributed by atoms with Gasteiger partial charge in [-0.05, 0) is 42.3 Å². The lowest BCUT2D eigenvalue weighted by Crippen LogP contribution is -2.04. The second-order valence-corrected chi connectivity index (χ2v) is 4.84. The number of anilines is 1. The third kappa shape index (κ3) is 3.27. The number of carboxylic acid groups (broad SMARTS) is 1. The monoisotopic (exact) mass is 293 g/mol. The molecule has 104 valence electrons. The van der Waals surface area contributed by atoms with Gasteiger partial charge in [-0.3, -0.25) is 0 Å². The first-order valence-electron chi connectivity index (χ1n) is 5.99. The van der Waals surface area contributed by atoms with Crippen LogP contribution in [0.1, 0.15) is 21.5 Å². The van der Waals surface area contributed by atoms with E-state index in [-0.39, 0.29) is 10.6 Å². The van der Waals surface area contributed by atoms with E-state index >= 15 is 0 Å². The van der Waals surface area contributed by atoms with Gasteiger partial charge in [0.1, 0.15) is 5.82 Å². The van der Waals surface area contributed by atoms with E-state index in [0.29, 0.717) is 12.2 Å². The number of aryl methyl sites for hydroxylation is 1. The van der Waals surface area contributed by atoms with Gasteiger partial charge in [0.15, 0.2) is 0 Å². The molecule has 0 fully saturated rings. The molecule has 20 heavy (non-hydrogen) atoms. The molecule has 0 amide bonds. The van der Waals surface area contributed by atoms with Crippen LogP contribution in [0.5, 0.6) is 0 Å². The highest BCUT2D eigenvalue weighted by atomic mass is 35.5. The number of rotatable bonds is 4. The molecule has 0 aliphatic rings. The Morgan fingerprint density at radius 1 is 1.30 bits per heavy atom. The van der Waals surface area contributed by atoms with E-state index in [4.69, 9.17) is 16.7 Å². The van der Waals surface area contributed by atoms with E-state index in [1.54, 1.807) is 24.3 Å². The standard InChI is InChI=1S/C15H13ClFNO2/c1-9-2-4-11(15(19)20)7-14(9)18-8-10-3-5-12(16)13(17)6-10/h2-7,18H,8H2,1H3,(H,19,20). The molecular weight excluding hydrogens is 281 g/mol. The molecule has 0 saturated carbocycles. The predicted molar refractivity (Wildman–Crippen MR) is 76.9 cm³/mol. The van der Waals surface area contributed by atoms with E-state index in [0.717, 1.165) is 11.1 Å². The Morgan fingerprint density at radius 3 is 2.70 bits per heavy atom. The molecule has 0 unspecified atom stereocenters. The van der Waals surface area contributed by atoms with Crippen molar-refractivity contribution in [1.82, 2.24) is 0 Å². The highest BCUT2D eigenvalue weighted by Gasteiger charge is 2.06. The van der Waals surface area contributed by atoms with Crippen LogP contribution < -0.4 is 5.32 Å². The molecule has 2 N–H and O–H groups in total. The summed E-state index contributed by atoms with van der Waals surface area (Å²) in [5.74, 6) is -1.45. The molecule has 0 spiro atoms. The number of carboxylic acids is 1. The van der Waals surface area contributed by atoms with E-state index in [9.17, 15) is 9.18 Å². The summed E-state index contributed by atoms with van der Waals surface area (Å²) in [6.45, 7) is 2.26. The van der Waals surface area contributed by atoms with Crippen molar-refractivity contribution in [3.05, 3.63) is 63.9 Å². The first-order chi connectivity index (χ1) is 9.47. The van der Waals surface area contributed by atoms with Gasteiger partial charge in [0, 0.05) is 12.2 Å². The van der Waals surface area contributed by atoms with Gasteiger partial charge < -0.3 is 10.4 Å². The molecule has 0 aliphatic heterocycles. The number of benzene rings is 2. The molecule has 5 heteroatoms. The molecule has 0 heterocycles. The summed E-state index contributed by atoms with van der Waals surface area (Å²) >= 11 is 5.62. The third-order valence-electron chi connectivity index (χ3n) is 2.95. The Labute approximate surface area is 121 Å². The Morgan fingerprint density at radius 2 is 2.05 bits per heavy atom.